The van der Waals surface area contributed by atoms with E-state index in [0.717, 1.165) is 44.9 Å². The summed E-state index contributed by atoms with van der Waals surface area (Å²) in [5, 5.41) is 0.714. The molecule has 3 rings (SSSR count). The second-order valence-electron chi connectivity index (χ2n) is 8.58. The Bertz CT molecular complexity index is 835. The first-order valence-corrected chi connectivity index (χ1v) is 11.1. The van der Waals surface area contributed by atoms with Gasteiger partial charge < -0.3 is 9.88 Å². The van der Waals surface area contributed by atoms with Crippen LogP contribution in [-0.4, -0.2) is 53.3 Å². The summed E-state index contributed by atoms with van der Waals surface area (Å²) in [5.41, 5.74) is 4.21. The number of nitrogens with one attached hydrogen (secondary N) is 1. The fourth-order valence-electron chi connectivity index (χ4n) is 3.49. The number of hydrogen-bond donors (Lipinski definition) is 1. The summed E-state index contributed by atoms with van der Waals surface area (Å²) < 4.78 is 0. The smallest absolute Gasteiger partial charge is 0.251 e. The highest BCUT2D eigenvalue weighted by Crippen LogP contribution is 2.28. The molecule has 1 fully saturated rings. The van der Waals surface area contributed by atoms with Gasteiger partial charge in [-0.3, -0.25) is 9.69 Å². The van der Waals surface area contributed by atoms with Crippen molar-refractivity contribution >= 4 is 17.4 Å². The van der Waals surface area contributed by atoms with Gasteiger partial charge in [-0.2, -0.15) is 0 Å². The largest absolute Gasteiger partial charge is 0.369 e. The molecule has 1 aliphatic rings. The van der Waals surface area contributed by atoms with Crippen LogP contribution in [-0.2, 0) is 5.41 Å². The fraction of sp³-hybridized carbons (Fsp3) is 0.545. The minimum Gasteiger partial charge on any atom is -0.369 e. The maximum Gasteiger partial charge on any atom is 0.251 e. The molecule has 5 nitrogen and oxygen atoms in total. The predicted octanol–water partition coefficient (Wildman–Crippen LogP) is 3.68. The molecule has 28 heavy (non-hydrogen) atoms. The summed E-state index contributed by atoms with van der Waals surface area (Å²) in [5.74, 6) is 0.972. The second-order valence-corrected chi connectivity index (χ2v) is 9.66. The zero-order chi connectivity index (χ0) is 20.1. The Kier molecular flexibility index (Phi) is 6.83. The Labute approximate surface area is 172 Å². The molecule has 1 N–H and O–H groups in total. The van der Waals surface area contributed by atoms with Gasteiger partial charge in [0.25, 0.3) is 5.56 Å². The van der Waals surface area contributed by atoms with E-state index >= 15 is 0 Å². The van der Waals surface area contributed by atoms with Gasteiger partial charge in [0.15, 0.2) is 5.16 Å². The monoisotopic (exact) mass is 400 g/mol. The molecule has 0 bridgehead atoms. The van der Waals surface area contributed by atoms with E-state index in [0.29, 0.717) is 5.16 Å². The molecule has 0 amide bonds. The zero-order valence-electron chi connectivity index (χ0n) is 17.5. The molecular weight excluding hydrogens is 368 g/mol. The van der Waals surface area contributed by atoms with Gasteiger partial charge in [0.05, 0.1) is 0 Å². The van der Waals surface area contributed by atoms with Crippen LogP contribution in [0, 0.1) is 6.92 Å². The minimum atomic E-state index is -0.0839. The number of rotatable bonds is 6. The Morgan fingerprint density at radius 2 is 1.89 bits per heavy atom. The normalized spacial score (nSPS) is 15.8. The minimum absolute atomic E-state index is 0.0839. The SMILES string of the molecule is Cc1cc(N2CCN(CCCSc3nccc(=O)[nH]3)CC2)cc(C(C)(C)C)c1. The lowest BCUT2D eigenvalue weighted by Gasteiger charge is -2.37. The van der Waals surface area contributed by atoms with Gasteiger partial charge in [0, 0.05) is 49.9 Å². The van der Waals surface area contributed by atoms with Crippen molar-refractivity contribution in [1.29, 1.82) is 0 Å². The van der Waals surface area contributed by atoms with Crippen LogP contribution in [0.3, 0.4) is 0 Å². The third kappa shape index (κ3) is 5.85. The third-order valence-electron chi connectivity index (χ3n) is 5.17. The van der Waals surface area contributed by atoms with Crippen LogP contribution in [0.25, 0.3) is 0 Å². The summed E-state index contributed by atoms with van der Waals surface area (Å²) in [6.45, 7) is 14.5. The van der Waals surface area contributed by atoms with E-state index in [-0.39, 0.29) is 11.0 Å². The molecule has 1 aliphatic heterocycles. The number of aromatic amines is 1. The van der Waals surface area contributed by atoms with Gasteiger partial charge in [-0.05, 0) is 48.6 Å². The summed E-state index contributed by atoms with van der Waals surface area (Å²) in [6.07, 6.45) is 2.67. The van der Waals surface area contributed by atoms with Crippen LogP contribution in [0.1, 0.15) is 38.3 Å². The highest BCUT2D eigenvalue weighted by molar-refractivity contribution is 7.99. The Hall–Kier alpha value is -1.79. The average molecular weight is 401 g/mol. The lowest BCUT2D eigenvalue weighted by Crippen LogP contribution is -2.46. The van der Waals surface area contributed by atoms with Crippen molar-refractivity contribution in [3.8, 4) is 0 Å². The molecular formula is C22H32N4OS. The van der Waals surface area contributed by atoms with E-state index in [4.69, 9.17) is 0 Å². The van der Waals surface area contributed by atoms with Crippen molar-refractivity contribution in [2.75, 3.05) is 43.4 Å². The Balaban J connectivity index is 1.46. The molecule has 0 saturated carbocycles. The Morgan fingerprint density at radius 3 is 2.57 bits per heavy atom. The molecule has 1 aromatic heterocycles. The average Bonchev–Trinajstić information content (AvgIpc) is 2.65. The molecule has 6 heteroatoms. The molecule has 0 radical (unpaired) electrons. The number of benzene rings is 1. The summed E-state index contributed by atoms with van der Waals surface area (Å²) in [4.78, 5) is 23.3. The zero-order valence-corrected chi connectivity index (χ0v) is 18.3. The molecule has 1 saturated heterocycles. The van der Waals surface area contributed by atoms with Crippen LogP contribution in [0.5, 0.6) is 0 Å². The molecule has 0 spiro atoms. The molecule has 0 unspecified atom stereocenters. The molecule has 152 valence electrons. The van der Waals surface area contributed by atoms with Crippen molar-refractivity contribution in [3.05, 3.63) is 51.9 Å². The van der Waals surface area contributed by atoms with Crippen molar-refractivity contribution < 1.29 is 0 Å². The maximum absolute atomic E-state index is 11.3. The number of hydrogen-bond acceptors (Lipinski definition) is 5. The van der Waals surface area contributed by atoms with Crippen LogP contribution in [0.4, 0.5) is 5.69 Å². The molecule has 1 aromatic carbocycles. The van der Waals surface area contributed by atoms with Gasteiger partial charge in [0.2, 0.25) is 0 Å². The van der Waals surface area contributed by atoms with Gasteiger partial charge in [-0.25, -0.2) is 4.98 Å². The second kappa shape index (κ2) is 9.14. The van der Waals surface area contributed by atoms with Crippen molar-refractivity contribution in [2.24, 2.45) is 0 Å². The van der Waals surface area contributed by atoms with Gasteiger partial charge in [-0.1, -0.05) is 38.6 Å². The van der Waals surface area contributed by atoms with Crippen molar-refractivity contribution in [1.82, 2.24) is 14.9 Å². The number of H-pyrrole nitrogens is 1. The predicted molar refractivity (Wildman–Crippen MR) is 119 cm³/mol. The van der Waals surface area contributed by atoms with Crippen LogP contribution in [0.15, 0.2) is 40.4 Å². The van der Waals surface area contributed by atoms with Crippen LogP contribution >= 0.6 is 11.8 Å². The lowest BCUT2D eigenvalue weighted by molar-refractivity contribution is 0.259. The fourth-order valence-corrected chi connectivity index (χ4v) is 4.27. The maximum atomic E-state index is 11.3. The van der Waals surface area contributed by atoms with Gasteiger partial charge >= 0.3 is 0 Å². The highest BCUT2D eigenvalue weighted by Gasteiger charge is 2.20. The van der Waals surface area contributed by atoms with E-state index in [1.54, 1.807) is 18.0 Å². The molecule has 0 aliphatic carbocycles. The number of aryl methyl sites for hydroxylation is 1. The number of piperazine rings is 1. The van der Waals surface area contributed by atoms with Gasteiger partial charge in [-0.15, -0.1) is 0 Å². The first-order chi connectivity index (χ1) is 13.3. The highest BCUT2D eigenvalue weighted by atomic mass is 32.2. The third-order valence-corrected chi connectivity index (χ3v) is 6.14. The van der Waals surface area contributed by atoms with Crippen molar-refractivity contribution in [3.63, 3.8) is 0 Å². The lowest BCUT2D eigenvalue weighted by atomic mass is 9.86. The van der Waals surface area contributed by atoms with Gasteiger partial charge in [0.1, 0.15) is 0 Å². The summed E-state index contributed by atoms with van der Waals surface area (Å²) in [6, 6.07) is 8.44. The molecule has 0 atom stereocenters. The number of thioether (sulfide) groups is 1. The van der Waals surface area contributed by atoms with Crippen LogP contribution < -0.4 is 10.5 Å². The molecule has 2 aromatic rings. The summed E-state index contributed by atoms with van der Waals surface area (Å²) >= 11 is 1.62. The quantitative estimate of drug-likeness (QED) is 0.455. The number of anilines is 1. The summed E-state index contributed by atoms with van der Waals surface area (Å²) in [7, 11) is 0. The van der Waals surface area contributed by atoms with E-state index in [1.807, 2.05) is 0 Å². The van der Waals surface area contributed by atoms with Crippen molar-refractivity contribution in [2.45, 2.75) is 44.7 Å². The topological polar surface area (TPSA) is 52.2 Å². The van der Waals surface area contributed by atoms with E-state index in [9.17, 15) is 4.79 Å². The van der Waals surface area contributed by atoms with E-state index in [2.05, 4.69) is 65.7 Å². The standard InChI is InChI=1S/C22H32N4OS/c1-17-14-18(22(2,3)4)16-19(15-17)26-11-9-25(10-12-26)8-5-13-28-21-23-7-6-20(27)24-21/h6-7,14-16H,5,8-13H2,1-4H3,(H,23,24,27). The Morgan fingerprint density at radius 1 is 1.14 bits per heavy atom. The van der Waals surface area contributed by atoms with Crippen LogP contribution in [0.2, 0.25) is 0 Å². The van der Waals surface area contributed by atoms with E-state index in [1.165, 1.54) is 22.9 Å². The van der Waals surface area contributed by atoms with E-state index < -0.39 is 0 Å². The number of aromatic nitrogens is 2. The first-order valence-electron chi connectivity index (χ1n) is 10.1. The molecule has 2 heterocycles. The first kappa shape index (κ1) is 20.9. The number of nitrogens with zero attached hydrogens (tertiary/aromatic N) is 3.